The van der Waals surface area contributed by atoms with Crippen LogP contribution >= 0.6 is 11.8 Å². The molecule has 0 saturated carbocycles. The van der Waals surface area contributed by atoms with Crippen molar-refractivity contribution in [2.45, 2.75) is 16.6 Å². The number of hydrogen-bond donors (Lipinski definition) is 1. The Kier molecular flexibility index (Phi) is 6.66. The number of amides is 2. The second-order valence-corrected chi connectivity index (χ2v) is 8.56. The fourth-order valence-electron chi connectivity index (χ4n) is 3.60. The van der Waals surface area contributed by atoms with Crippen LogP contribution in [0, 0.1) is 0 Å². The molecule has 7 heteroatoms. The minimum absolute atomic E-state index is 0.0546. The number of rotatable bonds is 6. The lowest BCUT2D eigenvalue weighted by molar-refractivity contribution is -0.121. The van der Waals surface area contributed by atoms with Crippen molar-refractivity contribution in [1.29, 1.82) is 0 Å². The van der Waals surface area contributed by atoms with E-state index in [9.17, 15) is 9.59 Å². The largest absolute Gasteiger partial charge is 0.497 e. The number of carbonyl (C=O) groups is 2. The molecule has 1 aliphatic heterocycles. The Balaban J connectivity index is 1.56. The molecule has 1 N–H and O–H groups in total. The summed E-state index contributed by atoms with van der Waals surface area (Å²) in [5.74, 6) is 1.06. The molecule has 2 amide bonds. The normalized spacial score (nSPS) is 15.5. The highest BCUT2D eigenvalue weighted by molar-refractivity contribution is 7.99. The summed E-state index contributed by atoms with van der Waals surface area (Å²) in [5.41, 5.74) is 2.41. The summed E-state index contributed by atoms with van der Waals surface area (Å²) in [6.07, 6.45) is 0.290. The van der Waals surface area contributed by atoms with Crippen LogP contribution in [0.15, 0.2) is 77.7 Å². The molecule has 0 spiro atoms. The average molecular weight is 449 g/mol. The summed E-state index contributed by atoms with van der Waals surface area (Å²) in [6, 6.07) is 22.6. The van der Waals surface area contributed by atoms with E-state index in [1.807, 2.05) is 48.5 Å². The lowest BCUT2D eigenvalue weighted by Crippen LogP contribution is -2.38. The standard InChI is InChI=1S/C25H24N2O4S/c1-30-19-12-10-17(11-13-19)23-15-25(29)27(21-8-3-4-9-22(21)32-23)16-24(28)26-18-6-5-7-20(14-18)31-2/h3-14,23H,15-16H2,1-2H3,(H,26,28). The molecule has 0 fully saturated rings. The molecule has 1 atom stereocenters. The van der Waals surface area contributed by atoms with Crippen LogP contribution in [-0.2, 0) is 9.59 Å². The van der Waals surface area contributed by atoms with Crippen LogP contribution in [0.25, 0.3) is 0 Å². The Labute approximate surface area is 191 Å². The fraction of sp³-hybridized carbons (Fsp3) is 0.200. The van der Waals surface area contributed by atoms with Gasteiger partial charge >= 0.3 is 0 Å². The number of thioether (sulfide) groups is 1. The predicted molar refractivity (Wildman–Crippen MR) is 127 cm³/mol. The molecule has 4 rings (SSSR count). The number of fused-ring (bicyclic) bond motifs is 1. The summed E-state index contributed by atoms with van der Waals surface area (Å²) < 4.78 is 10.5. The van der Waals surface area contributed by atoms with Crippen molar-refractivity contribution in [3.05, 3.63) is 78.4 Å². The maximum absolute atomic E-state index is 13.3. The maximum Gasteiger partial charge on any atom is 0.244 e. The van der Waals surface area contributed by atoms with Gasteiger partial charge in [0.1, 0.15) is 18.0 Å². The van der Waals surface area contributed by atoms with E-state index < -0.39 is 0 Å². The van der Waals surface area contributed by atoms with E-state index in [2.05, 4.69) is 5.32 Å². The Bertz CT molecular complexity index is 1120. The quantitative estimate of drug-likeness (QED) is 0.580. The first-order valence-corrected chi connectivity index (χ1v) is 11.1. The van der Waals surface area contributed by atoms with Crippen molar-refractivity contribution < 1.29 is 19.1 Å². The van der Waals surface area contributed by atoms with Crippen molar-refractivity contribution in [1.82, 2.24) is 0 Å². The van der Waals surface area contributed by atoms with Crippen LogP contribution in [0.3, 0.4) is 0 Å². The van der Waals surface area contributed by atoms with Gasteiger partial charge in [-0.3, -0.25) is 9.59 Å². The van der Waals surface area contributed by atoms with E-state index in [0.717, 1.165) is 21.9 Å². The van der Waals surface area contributed by atoms with E-state index in [1.165, 1.54) is 0 Å². The highest BCUT2D eigenvalue weighted by Gasteiger charge is 2.30. The zero-order chi connectivity index (χ0) is 22.5. The van der Waals surface area contributed by atoms with Crippen molar-refractivity contribution in [3.8, 4) is 11.5 Å². The number of nitrogens with one attached hydrogen (secondary N) is 1. The second-order valence-electron chi connectivity index (χ2n) is 7.31. The highest BCUT2D eigenvalue weighted by Crippen LogP contribution is 2.45. The second kappa shape index (κ2) is 9.78. The van der Waals surface area contributed by atoms with Crippen LogP contribution < -0.4 is 19.7 Å². The number of anilines is 2. The van der Waals surface area contributed by atoms with Gasteiger partial charge in [0, 0.05) is 28.3 Å². The van der Waals surface area contributed by atoms with Gasteiger partial charge in [-0.25, -0.2) is 0 Å². The molecule has 6 nitrogen and oxygen atoms in total. The van der Waals surface area contributed by atoms with Crippen molar-refractivity contribution in [2.24, 2.45) is 0 Å². The number of nitrogens with zero attached hydrogens (tertiary/aromatic N) is 1. The molecule has 1 unspecified atom stereocenters. The Morgan fingerprint density at radius 1 is 1.00 bits per heavy atom. The van der Waals surface area contributed by atoms with Gasteiger partial charge < -0.3 is 19.7 Å². The predicted octanol–water partition coefficient (Wildman–Crippen LogP) is 4.91. The molecule has 1 heterocycles. The maximum atomic E-state index is 13.3. The van der Waals surface area contributed by atoms with E-state index in [-0.39, 0.29) is 30.0 Å². The summed E-state index contributed by atoms with van der Waals surface area (Å²) in [5, 5.41) is 2.80. The summed E-state index contributed by atoms with van der Waals surface area (Å²) in [4.78, 5) is 28.6. The first-order chi connectivity index (χ1) is 15.6. The SMILES string of the molecule is COc1ccc(C2CC(=O)N(CC(=O)Nc3cccc(OC)c3)c3ccccc3S2)cc1. The highest BCUT2D eigenvalue weighted by atomic mass is 32.2. The third-order valence-corrected chi connectivity index (χ3v) is 6.55. The van der Waals surface area contributed by atoms with Crippen LogP contribution in [0.2, 0.25) is 0 Å². The van der Waals surface area contributed by atoms with Gasteiger partial charge in [-0.2, -0.15) is 0 Å². The monoisotopic (exact) mass is 448 g/mol. The number of methoxy groups -OCH3 is 2. The van der Waals surface area contributed by atoms with Gasteiger partial charge in [-0.05, 0) is 42.0 Å². The summed E-state index contributed by atoms with van der Waals surface area (Å²) in [7, 11) is 3.20. The third-order valence-electron chi connectivity index (χ3n) is 5.23. The first-order valence-electron chi connectivity index (χ1n) is 10.2. The average Bonchev–Trinajstić information content (AvgIpc) is 2.95. The van der Waals surface area contributed by atoms with Crippen LogP contribution in [-0.4, -0.2) is 32.6 Å². The minimum Gasteiger partial charge on any atom is -0.497 e. The number of hydrogen-bond acceptors (Lipinski definition) is 5. The van der Waals surface area contributed by atoms with Crippen LogP contribution in [0.5, 0.6) is 11.5 Å². The van der Waals surface area contributed by atoms with Gasteiger partial charge in [-0.1, -0.05) is 30.3 Å². The molecule has 32 heavy (non-hydrogen) atoms. The number of carbonyl (C=O) groups excluding carboxylic acids is 2. The van der Waals surface area contributed by atoms with Crippen LogP contribution in [0.1, 0.15) is 17.2 Å². The smallest absolute Gasteiger partial charge is 0.244 e. The minimum atomic E-state index is -0.269. The summed E-state index contributed by atoms with van der Waals surface area (Å²) in [6.45, 7) is -0.0665. The van der Waals surface area contributed by atoms with Crippen molar-refractivity contribution >= 4 is 35.0 Å². The third kappa shape index (κ3) is 4.89. The molecule has 164 valence electrons. The number of para-hydroxylation sites is 1. The van der Waals surface area contributed by atoms with Gasteiger partial charge in [0.15, 0.2) is 0 Å². The van der Waals surface area contributed by atoms with Crippen molar-refractivity contribution in [3.63, 3.8) is 0 Å². The van der Waals surface area contributed by atoms with Gasteiger partial charge in [0.25, 0.3) is 0 Å². The van der Waals surface area contributed by atoms with Crippen LogP contribution in [0.4, 0.5) is 11.4 Å². The Morgan fingerprint density at radius 3 is 2.50 bits per heavy atom. The first kappa shape index (κ1) is 21.8. The molecular weight excluding hydrogens is 424 g/mol. The van der Waals surface area contributed by atoms with E-state index in [4.69, 9.17) is 9.47 Å². The molecule has 0 bridgehead atoms. The van der Waals surface area contributed by atoms with Gasteiger partial charge in [-0.15, -0.1) is 11.8 Å². The molecular formula is C25H24N2O4S. The van der Waals surface area contributed by atoms with Gasteiger partial charge in [0.05, 0.1) is 19.9 Å². The molecule has 0 aliphatic carbocycles. The van der Waals surface area contributed by atoms with E-state index >= 15 is 0 Å². The van der Waals surface area contributed by atoms with E-state index in [0.29, 0.717) is 11.4 Å². The lowest BCUT2D eigenvalue weighted by atomic mass is 10.1. The Morgan fingerprint density at radius 2 is 1.75 bits per heavy atom. The topological polar surface area (TPSA) is 67.9 Å². The van der Waals surface area contributed by atoms with Gasteiger partial charge in [0.2, 0.25) is 11.8 Å². The molecule has 0 saturated heterocycles. The molecule has 3 aromatic rings. The van der Waals surface area contributed by atoms with E-state index in [1.54, 1.807) is 55.1 Å². The zero-order valence-corrected chi connectivity index (χ0v) is 18.7. The molecule has 0 aromatic heterocycles. The zero-order valence-electron chi connectivity index (χ0n) is 17.9. The molecule has 1 aliphatic rings. The fourth-order valence-corrected chi connectivity index (χ4v) is 4.88. The Hall–Kier alpha value is -3.45. The lowest BCUT2D eigenvalue weighted by Gasteiger charge is -2.22. The molecule has 0 radical (unpaired) electrons. The summed E-state index contributed by atoms with van der Waals surface area (Å²) >= 11 is 1.64. The number of ether oxygens (including phenoxy) is 2. The number of benzene rings is 3. The van der Waals surface area contributed by atoms with Crippen molar-refractivity contribution in [2.75, 3.05) is 31.0 Å². The molecule has 3 aromatic carbocycles.